The molecule has 0 aromatic heterocycles. The molecule has 2 nitrogen and oxygen atoms in total. The number of esters is 1. The molecule has 1 saturated carbocycles. The Kier molecular flexibility index (Phi) is 9.48. The summed E-state index contributed by atoms with van der Waals surface area (Å²) in [5.41, 5.74) is 0. The van der Waals surface area contributed by atoms with Gasteiger partial charge in [0.25, 0.3) is 0 Å². The van der Waals surface area contributed by atoms with Crippen molar-refractivity contribution in [3.8, 4) is 0 Å². The van der Waals surface area contributed by atoms with E-state index in [0.717, 1.165) is 32.1 Å². The van der Waals surface area contributed by atoms with Crippen LogP contribution in [-0.4, -0.2) is 12.1 Å². The van der Waals surface area contributed by atoms with E-state index in [4.69, 9.17) is 4.74 Å². The van der Waals surface area contributed by atoms with Gasteiger partial charge in [-0.2, -0.15) is 0 Å². The highest BCUT2D eigenvalue weighted by atomic mass is 16.5. The number of carbonyl (C=O) groups excluding carboxylic acids is 1. The molecule has 0 aromatic rings. The van der Waals surface area contributed by atoms with Gasteiger partial charge < -0.3 is 4.74 Å². The highest BCUT2D eigenvalue weighted by Crippen LogP contribution is 2.21. The Labute approximate surface area is 118 Å². The van der Waals surface area contributed by atoms with Crippen LogP contribution in [0.15, 0.2) is 12.7 Å². The van der Waals surface area contributed by atoms with Gasteiger partial charge in [0.05, 0.1) is 0 Å². The van der Waals surface area contributed by atoms with Gasteiger partial charge in [-0.25, -0.2) is 0 Å². The second-order valence-electron chi connectivity index (χ2n) is 5.70. The quantitative estimate of drug-likeness (QED) is 0.310. The first kappa shape index (κ1) is 16.3. The molecule has 0 spiro atoms. The van der Waals surface area contributed by atoms with E-state index in [2.05, 4.69) is 6.58 Å². The van der Waals surface area contributed by atoms with Gasteiger partial charge in [-0.1, -0.05) is 38.2 Å². The van der Waals surface area contributed by atoms with Crippen molar-refractivity contribution in [1.29, 1.82) is 0 Å². The minimum Gasteiger partial charge on any atom is -0.462 e. The summed E-state index contributed by atoms with van der Waals surface area (Å²) in [5, 5.41) is 0. The minimum atomic E-state index is 0.0264. The summed E-state index contributed by atoms with van der Waals surface area (Å²) >= 11 is 0. The summed E-state index contributed by atoms with van der Waals surface area (Å²) < 4.78 is 5.50. The van der Waals surface area contributed by atoms with Gasteiger partial charge in [0, 0.05) is 6.42 Å². The van der Waals surface area contributed by atoms with Crippen molar-refractivity contribution in [3.05, 3.63) is 12.7 Å². The zero-order valence-corrected chi connectivity index (χ0v) is 12.4. The van der Waals surface area contributed by atoms with Crippen LogP contribution < -0.4 is 0 Å². The monoisotopic (exact) mass is 266 g/mol. The molecule has 0 heterocycles. The van der Waals surface area contributed by atoms with E-state index < -0.39 is 0 Å². The summed E-state index contributed by atoms with van der Waals surface area (Å²) in [5.74, 6) is 0.0264. The van der Waals surface area contributed by atoms with E-state index in [1.807, 2.05) is 6.08 Å². The number of ether oxygens (including phenoxy) is 1. The van der Waals surface area contributed by atoms with Gasteiger partial charge >= 0.3 is 5.97 Å². The van der Waals surface area contributed by atoms with Crippen LogP contribution in [0.3, 0.4) is 0 Å². The molecule has 2 heteroatoms. The molecule has 0 bridgehead atoms. The molecule has 1 rings (SSSR count). The first-order chi connectivity index (χ1) is 9.33. The van der Waals surface area contributed by atoms with Crippen molar-refractivity contribution >= 4 is 5.97 Å². The zero-order valence-electron chi connectivity index (χ0n) is 12.4. The van der Waals surface area contributed by atoms with Crippen molar-refractivity contribution in [2.75, 3.05) is 0 Å². The number of hydrogen-bond donors (Lipinski definition) is 0. The van der Waals surface area contributed by atoms with E-state index in [1.54, 1.807) is 0 Å². The maximum absolute atomic E-state index is 11.7. The molecule has 110 valence electrons. The molecule has 0 N–H and O–H groups in total. The lowest BCUT2D eigenvalue weighted by molar-refractivity contribution is -0.150. The predicted molar refractivity (Wildman–Crippen MR) is 80.1 cm³/mol. The first-order valence-electron chi connectivity index (χ1n) is 8.13. The first-order valence-corrected chi connectivity index (χ1v) is 8.13. The van der Waals surface area contributed by atoms with Crippen LogP contribution in [-0.2, 0) is 9.53 Å². The van der Waals surface area contributed by atoms with Crippen LogP contribution >= 0.6 is 0 Å². The Morgan fingerprint density at radius 1 is 1.00 bits per heavy atom. The zero-order chi connectivity index (χ0) is 13.8. The molecule has 0 saturated heterocycles. The van der Waals surface area contributed by atoms with Crippen LogP contribution in [0, 0.1) is 0 Å². The van der Waals surface area contributed by atoms with Crippen molar-refractivity contribution in [1.82, 2.24) is 0 Å². The minimum absolute atomic E-state index is 0.0264. The number of carbonyl (C=O) groups is 1. The lowest BCUT2D eigenvalue weighted by Gasteiger charge is -2.21. The molecule has 0 radical (unpaired) electrons. The average Bonchev–Trinajstić information content (AvgIpc) is 2.43. The summed E-state index contributed by atoms with van der Waals surface area (Å²) in [6.45, 7) is 3.72. The van der Waals surface area contributed by atoms with Gasteiger partial charge in [-0.05, 0) is 44.9 Å². The smallest absolute Gasteiger partial charge is 0.306 e. The maximum Gasteiger partial charge on any atom is 0.306 e. The maximum atomic E-state index is 11.7. The van der Waals surface area contributed by atoms with Crippen molar-refractivity contribution in [2.45, 2.75) is 89.6 Å². The highest BCUT2D eigenvalue weighted by molar-refractivity contribution is 5.69. The molecule has 0 aliphatic heterocycles. The van der Waals surface area contributed by atoms with Crippen LogP contribution in [0.2, 0.25) is 0 Å². The Morgan fingerprint density at radius 3 is 2.32 bits per heavy atom. The Hall–Kier alpha value is -0.790. The Morgan fingerprint density at radius 2 is 1.63 bits per heavy atom. The van der Waals surface area contributed by atoms with E-state index in [-0.39, 0.29) is 12.1 Å². The fourth-order valence-electron chi connectivity index (χ4n) is 2.69. The second kappa shape index (κ2) is 11.1. The number of unbranched alkanes of at least 4 members (excludes halogenated alkanes) is 6. The molecule has 1 fully saturated rings. The van der Waals surface area contributed by atoms with E-state index in [9.17, 15) is 4.79 Å². The SMILES string of the molecule is C=CCCCCCCCCC(=O)OC1CCCCC1. The van der Waals surface area contributed by atoms with Gasteiger partial charge in [-0.3, -0.25) is 4.79 Å². The van der Waals surface area contributed by atoms with Crippen LogP contribution in [0.4, 0.5) is 0 Å². The molecule has 0 aromatic carbocycles. The topological polar surface area (TPSA) is 26.3 Å². The average molecular weight is 266 g/mol. The summed E-state index contributed by atoms with van der Waals surface area (Å²) in [6.07, 6.45) is 17.1. The van der Waals surface area contributed by atoms with E-state index in [1.165, 1.54) is 44.9 Å². The Balaban J connectivity index is 1.88. The third-order valence-electron chi connectivity index (χ3n) is 3.89. The third-order valence-corrected chi connectivity index (χ3v) is 3.89. The summed E-state index contributed by atoms with van der Waals surface area (Å²) in [6, 6.07) is 0. The van der Waals surface area contributed by atoms with Crippen molar-refractivity contribution in [3.63, 3.8) is 0 Å². The molecule has 19 heavy (non-hydrogen) atoms. The van der Waals surface area contributed by atoms with Crippen molar-refractivity contribution < 1.29 is 9.53 Å². The second-order valence-corrected chi connectivity index (χ2v) is 5.70. The van der Waals surface area contributed by atoms with Gasteiger partial charge in [0.1, 0.15) is 6.10 Å². The number of hydrogen-bond acceptors (Lipinski definition) is 2. The molecule has 0 unspecified atom stereocenters. The van der Waals surface area contributed by atoms with Crippen LogP contribution in [0.25, 0.3) is 0 Å². The van der Waals surface area contributed by atoms with Crippen LogP contribution in [0.5, 0.6) is 0 Å². The molecule has 1 aliphatic rings. The summed E-state index contributed by atoms with van der Waals surface area (Å²) in [7, 11) is 0. The standard InChI is InChI=1S/C17H30O2/c1-2-3-4-5-6-7-8-12-15-17(18)19-16-13-10-9-11-14-16/h2,16H,1,3-15H2. The number of allylic oxidation sites excluding steroid dienone is 1. The fourth-order valence-corrected chi connectivity index (χ4v) is 2.69. The lowest BCUT2D eigenvalue weighted by Crippen LogP contribution is -2.20. The Bertz CT molecular complexity index is 242. The number of rotatable bonds is 10. The van der Waals surface area contributed by atoms with Gasteiger partial charge in [0.2, 0.25) is 0 Å². The van der Waals surface area contributed by atoms with Gasteiger partial charge in [0.15, 0.2) is 0 Å². The highest BCUT2D eigenvalue weighted by Gasteiger charge is 2.17. The molecular formula is C17H30O2. The molecule has 0 amide bonds. The molecule has 0 atom stereocenters. The lowest BCUT2D eigenvalue weighted by atomic mass is 9.98. The van der Waals surface area contributed by atoms with Crippen molar-refractivity contribution in [2.24, 2.45) is 0 Å². The predicted octanol–water partition coefficient (Wildman–Crippen LogP) is 5.17. The normalized spacial score (nSPS) is 16.2. The van der Waals surface area contributed by atoms with Gasteiger partial charge in [-0.15, -0.1) is 6.58 Å². The fraction of sp³-hybridized carbons (Fsp3) is 0.824. The van der Waals surface area contributed by atoms with E-state index in [0.29, 0.717) is 6.42 Å². The van der Waals surface area contributed by atoms with E-state index >= 15 is 0 Å². The largest absolute Gasteiger partial charge is 0.462 e. The molecular weight excluding hydrogens is 236 g/mol. The third kappa shape index (κ3) is 8.85. The van der Waals surface area contributed by atoms with Crippen LogP contribution in [0.1, 0.15) is 83.5 Å². The molecule has 1 aliphatic carbocycles. The summed E-state index contributed by atoms with van der Waals surface area (Å²) in [4.78, 5) is 11.7.